The van der Waals surface area contributed by atoms with Gasteiger partial charge in [0, 0.05) is 18.3 Å². The first kappa shape index (κ1) is 18.3. The first-order valence-corrected chi connectivity index (χ1v) is 8.35. The van der Waals surface area contributed by atoms with Crippen LogP contribution in [0, 0.1) is 11.6 Å². The Morgan fingerprint density at radius 1 is 1.31 bits per heavy atom. The number of anilines is 1. The third-order valence-electron chi connectivity index (χ3n) is 4.08. The fourth-order valence-electron chi connectivity index (χ4n) is 2.73. The van der Waals surface area contributed by atoms with Gasteiger partial charge < -0.3 is 20.1 Å². The van der Waals surface area contributed by atoms with Crippen LogP contribution in [0.4, 0.5) is 14.5 Å². The van der Waals surface area contributed by atoms with Crippen LogP contribution in [0.25, 0.3) is 0 Å². The zero-order chi connectivity index (χ0) is 18.5. The van der Waals surface area contributed by atoms with Gasteiger partial charge in [0.1, 0.15) is 18.5 Å². The lowest BCUT2D eigenvalue weighted by molar-refractivity contribution is -0.123. The first-order chi connectivity index (χ1) is 12.5. The molecule has 1 saturated heterocycles. The van der Waals surface area contributed by atoms with Crippen LogP contribution in [0.15, 0.2) is 42.5 Å². The van der Waals surface area contributed by atoms with Crippen LogP contribution >= 0.6 is 0 Å². The van der Waals surface area contributed by atoms with E-state index in [9.17, 15) is 13.6 Å². The molecule has 1 aliphatic rings. The van der Waals surface area contributed by atoms with E-state index >= 15 is 0 Å². The van der Waals surface area contributed by atoms with Crippen molar-refractivity contribution in [2.75, 3.05) is 18.5 Å². The van der Waals surface area contributed by atoms with Gasteiger partial charge >= 0.3 is 0 Å². The molecule has 2 atom stereocenters. The molecule has 2 aromatic carbocycles. The predicted molar refractivity (Wildman–Crippen MR) is 93.0 cm³/mol. The lowest BCUT2D eigenvalue weighted by atomic mass is 10.1. The van der Waals surface area contributed by atoms with Crippen molar-refractivity contribution in [2.45, 2.75) is 25.7 Å². The largest absolute Gasteiger partial charge is 0.486 e. The molecule has 0 radical (unpaired) electrons. The van der Waals surface area contributed by atoms with E-state index in [1.807, 2.05) is 0 Å². The third-order valence-corrected chi connectivity index (χ3v) is 4.08. The Labute approximate surface area is 150 Å². The topological polar surface area (TPSA) is 59.6 Å². The van der Waals surface area contributed by atoms with E-state index in [4.69, 9.17) is 9.47 Å². The van der Waals surface area contributed by atoms with E-state index in [0.29, 0.717) is 24.4 Å². The number of morpholine rings is 1. The Kier molecular flexibility index (Phi) is 5.80. The van der Waals surface area contributed by atoms with Crippen LogP contribution in [-0.2, 0) is 16.1 Å². The van der Waals surface area contributed by atoms with Gasteiger partial charge in [-0.15, -0.1) is 0 Å². The zero-order valence-electron chi connectivity index (χ0n) is 14.3. The molecule has 0 spiro atoms. The molecule has 7 heteroatoms. The van der Waals surface area contributed by atoms with Gasteiger partial charge in [0.05, 0.1) is 12.7 Å². The Balaban J connectivity index is 1.61. The molecule has 0 aromatic heterocycles. The third kappa shape index (κ3) is 4.56. The fraction of sp³-hybridized carbons (Fsp3) is 0.316. The van der Waals surface area contributed by atoms with Gasteiger partial charge in [-0.05, 0) is 36.8 Å². The molecule has 2 N–H and O–H groups in total. The van der Waals surface area contributed by atoms with Gasteiger partial charge in [0.25, 0.3) is 0 Å². The lowest BCUT2D eigenvalue weighted by Gasteiger charge is -2.29. The maximum atomic E-state index is 14.2. The molecule has 2 aromatic rings. The number of rotatable bonds is 5. The summed E-state index contributed by atoms with van der Waals surface area (Å²) in [5, 5.41) is 5.74. The number of halogens is 2. The summed E-state index contributed by atoms with van der Waals surface area (Å²) in [6, 6.07) is 9.59. The van der Waals surface area contributed by atoms with E-state index in [0.717, 1.165) is 0 Å². The van der Waals surface area contributed by atoms with Crippen molar-refractivity contribution in [1.29, 1.82) is 0 Å². The molecule has 138 valence electrons. The Morgan fingerprint density at radius 2 is 2.15 bits per heavy atom. The summed E-state index contributed by atoms with van der Waals surface area (Å²) in [5.74, 6) is -1.25. The molecule has 0 saturated carbocycles. The second-order valence-electron chi connectivity index (χ2n) is 6.06. The predicted octanol–water partition coefficient (Wildman–Crippen LogP) is 2.86. The van der Waals surface area contributed by atoms with Crippen molar-refractivity contribution in [2.24, 2.45) is 0 Å². The van der Waals surface area contributed by atoms with Gasteiger partial charge in [-0.3, -0.25) is 4.79 Å². The summed E-state index contributed by atoms with van der Waals surface area (Å²) in [4.78, 5) is 12.3. The van der Waals surface area contributed by atoms with E-state index in [2.05, 4.69) is 10.6 Å². The quantitative estimate of drug-likeness (QED) is 0.859. The van der Waals surface area contributed by atoms with Crippen LogP contribution in [0.3, 0.4) is 0 Å². The van der Waals surface area contributed by atoms with E-state index in [1.54, 1.807) is 25.1 Å². The molecular formula is C19H20F2N2O3. The Bertz CT molecular complexity index is 785. The summed E-state index contributed by atoms with van der Waals surface area (Å²) in [6.45, 7) is 2.99. The summed E-state index contributed by atoms with van der Waals surface area (Å²) in [7, 11) is 0. The van der Waals surface area contributed by atoms with Crippen LogP contribution in [-0.4, -0.2) is 31.2 Å². The molecule has 1 aliphatic heterocycles. The second-order valence-corrected chi connectivity index (χ2v) is 6.06. The minimum absolute atomic E-state index is 0.0275. The number of hydrogen-bond donors (Lipinski definition) is 2. The first-order valence-electron chi connectivity index (χ1n) is 8.35. The molecule has 1 heterocycles. The summed E-state index contributed by atoms with van der Waals surface area (Å²) >= 11 is 0. The number of hydrogen-bond acceptors (Lipinski definition) is 4. The number of nitrogens with one attached hydrogen (secondary N) is 2. The number of ether oxygens (including phenoxy) is 2. The Morgan fingerprint density at radius 3 is 2.88 bits per heavy atom. The fourth-order valence-corrected chi connectivity index (χ4v) is 2.73. The molecular weight excluding hydrogens is 342 g/mol. The summed E-state index contributed by atoms with van der Waals surface area (Å²) in [5.41, 5.74) is 0.921. The highest BCUT2D eigenvalue weighted by Crippen LogP contribution is 2.23. The Hall–Kier alpha value is -2.51. The van der Waals surface area contributed by atoms with Gasteiger partial charge in [0.2, 0.25) is 5.91 Å². The molecule has 1 amide bonds. The standard InChI is InChI=1S/C19H20F2N2O3/c1-12-18(22-7-8-25-12)19(24)23-15-5-6-17(16(21)10-15)26-11-13-3-2-4-14(20)9-13/h2-6,9-10,12,18,22H,7-8,11H2,1H3,(H,23,24)/t12-,18+/m1/s1. The van der Waals surface area contributed by atoms with Crippen LogP contribution in [0.1, 0.15) is 12.5 Å². The van der Waals surface area contributed by atoms with E-state index in [1.165, 1.54) is 24.3 Å². The van der Waals surface area contributed by atoms with Crippen molar-refractivity contribution in [3.8, 4) is 5.75 Å². The monoisotopic (exact) mass is 362 g/mol. The minimum Gasteiger partial charge on any atom is -0.486 e. The lowest BCUT2D eigenvalue weighted by Crippen LogP contribution is -2.53. The molecule has 0 unspecified atom stereocenters. The van der Waals surface area contributed by atoms with E-state index in [-0.39, 0.29) is 30.2 Å². The van der Waals surface area contributed by atoms with Crippen molar-refractivity contribution < 1.29 is 23.0 Å². The highest BCUT2D eigenvalue weighted by atomic mass is 19.1. The summed E-state index contributed by atoms with van der Waals surface area (Å²) < 4.78 is 38.2. The number of carbonyl (C=O) groups is 1. The second kappa shape index (κ2) is 8.25. The van der Waals surface area contributed by atoms with Gasteiger partial charge in [-0.2, -0.15) is 0 Å². The average Bonchev–Trinajstić information content (AvgIpc) is 2.61. The van der Waals surface area contributed by atoms with Crippen LogP contribution in [0.2, 0.25) is 0 Å². The zero-order valence-corrected chi connectivity index (χ0v) is 14.3. The smallest absolute Gasteiger partial charge is 0.244 e. The minimum atomic E-state index is -0.611. The average molecular weight is 362 g/mol. The molecule has 0 aliphatic carbocycles. The van der Waals surface area contributed by atoms with Crippen molar-refractivity contribution in [3.05, 3.63) is 59.7 Å². The van der Waals surface area contributed by atoms with Gasteiger partial charge in [-0.25, -0.2) is 8.78 Å². The summed E-state index contributed by atoms with van der Waals surface area (Å²) in [6.07, 6.45) is -0.262. The highest BCUT2D eigenvalue weighted by Gasteiger charge is 2.28. The van der Waals surface area contributed by atoms with Crippen LogP contribution in [0.5, 0.6) is 5.75 Å². The normalized spacial score (nSPS) is 19.8. The molecule has 0 bridgehead atoms. The molecule has 1 fully saturated rings. The highest BCUT2D eigenvalue weighted by molar-refractivity contribution is 5.95. The maximum absolute atomic E-state index is 14.2. The van der Waals surface area contributed by atoms with Crippen molar-refractivity contribution in [1.82, 2.24) is 5.32 Å². The SMILES string of the molecule is C[C@H]1OCCN[C@@H]1C(=O)Nc1ccc(OCc2cccc(F)c2)c(F)c1. The van der Waals surface area contributed by atoms with E-state index < -0.39 is 11.9 Å². The number of benzene rings is 2. The van der Waals surface area contributed by atoms with Gasteiger partial charge in [0.15, 0.2) is 11.6 Å². The molecule has 5 nitrogen and oxygen atoms in total. The number of carbonyl (C=O) groups excluding carboxylic acids is 1. The molecule has 3 rings (SSSR count). The number of amides is 1. The molecule has 26 heavy (non-hydrogen) atoms. The maximum Gasteiger partial charge on any atom is 0.244 e. The van der Waals surface area contributed by atoms with Crippen molar-refractivity contribution in [3.63, 3.8) is 0 Å². The van der Waals surface area contributed by atoms with Crippen molar-refractivity contribution >= 4 is 11.6 Å². The van der Waals surface area contributed by atoms with Crippen LogP contribution < -0.4 is 15.4 Å². The van der Waals surface area contributed by atoms with Gasteiger partial charge in [-0.1, -0.05) is 12.1 Å².